The smallest absolute Gasteiger partial charge is 0.223 e. The van der Waals surface area contributed by atoms with Gasteiger partial charge in [0.2, 0.25) is 5.95 Å². The lowest BCUT2D eigenvalue weighted by molar-refractivity contribution is -0.156. The molecule has 0 saturated carbocycles. The number of nitrogens with zero attached hydrogens (tertiary/aromatic N) is 3. The van der Waals surface area contributed by atoms with Gasteiger partial charge in [-0.1, -0.05) is 11.6 Å². The van der Waals surface area contributed by atoms with Crippen molar-refractivity contribution < 1.29 is 19.7 Å². The Morgan fingerprint density at radius 1 is 1.18 bits per heavy atom. The molecular weight excluding hydrogens is 444 g/mol. The van der Waals surface area contributed by atoms with E-state index in [4.69, 9.17) is 26.1 Å². The highest BCUT2D eigenvalue weighted by atomic mass is 35.5. The molecule has 2 bridgehead atoms. The molecule has 2 aliphatic heterocycles. The zero-order valence-electron chi connectivity index (χ0n) is 19.0. The maximum Gasteiger partial charge on any atom is 0.223 e. The van der Waals surface area contributed by atoms with Crippen molar-refractivity contribution >= 4 is 28.5 Å². The van der Waals surface area contributed by atoms with Gasteiger partial charge in [0.1, 0.15) is 6.10 Å². The number of rotatable bonds is 4. The largest absolute Gasteiger partial charge is 0.386 e. The van der Waals surface area contributed by atoms with Gasteiger partial charge in [0.05, 0.1) is 40.6 Å². The number of fused-ring (bicyclic) bond motifs is 3. The predicted octanol–water partition coefficient (Wildman–Crippen LogP) is 3.48. The molecule has 0 aliphatic carbocycles. The third-order valence-electron chi connectivity index (χ3n) is 6.39. The molecule has 0 radical (unpaired) electrons. The van der Waals surface area contributed by atoms with E-state index < -0.39 is 18.0 Å². The van der Waals surface area contributed by atoms with Crippen molar-refractivity contribution in [3.63, 3.8) is 0 Å². The molecule has 33 heavy (non-hydrogen) atoms. The van der Waals surface area contributed by atoms with Crippen LogP contribution in [0.5, 0.6) is 0 Å². The van der Waals surface area contributed by atoms with Crippen molar-refractivity contribution in [2.24, 2.45) is 0 Å². The van der Waals surface area contributed by atoms with Gasteiger partial charge in [-0.25, -0.2) is 9.97 Å². The third kappa shape index (κ3) is 4.06. The van der Waals surface area contributed by atoms with E-state index in [2.05, 4.69) is 15.3 Å². The van der Waals surface area contributed by atoms with Crippen LogP contribution in [0.15, 0.2) is 24.5 Å². The van der Waals surface area contributed by atoms with Crippen LogP contribution in [0.1, 0.15) is 37.0 Å². The summed E-state index contributed by atoms with van der Waals surface area (Å²) in [7, 11) is 0. The molecule has 2 aliphatic rings. The summed E-state index contributed by atoms with van der Waals surface area (Å²) < 4.78 is 11.1. The fourth-order valence-electron chi connectivity index (χ4n) is 4.64. The first kappa shape index (κ1) is 22.4. The second-order valence-corrected chi connectivity index (χ2v) is 9.78. The molecule has 4 atom stereocenters. The number of nitrogens with one attached hydrogen (secondary N) is 1. The Labute approximate surface area is 197 Å². The van der Waals surface area contributed by atoms with Crippen LogP contribution in [0.4, 0.5) is 5.95 Å². The number of benzene rings is 1. The summed E-state index contributed by atoms with van der Waals surface area (Å²) in [6.07, 6.45) is 2.57. The molecule has 3 N–H and O–H groups in total. The van der Waals surface area contributed by atoms with Crippen LogP contribution in [0.3, 0.4) is 0 Å². The molecule has 2 saturated heterocycles. The van der Waals surface area contributed by atoms with Crippen LogP contribution in [0.2, 0.25) is 5.02 Å². The maximum absolute atomic E-state index is 10.5. The van der Waals surface area contributed by atoms with E-state index in [9.17, 15) is 10.2 Å². The fourth-order valence-corrected chi connectivity index (χ4v) is 4.91. The van der Waals surface area contributed by atoms with Crippen LogP contribution < -0.4 is 5.32 Å². The van der Waals surface area contributed by atoms with Gasteiger partial charge in [0.15, 0.2) is 6.29 Å². The highest BCUT2D eigenvalue weighted by Gasteiger charge is 2.43. The number of hydrogen-bond donors (Lipinski definition) is 3. The molecular formula is C24H27ClN4O4. The molecule has 5 rings (SSSR count). The van der Waals surface area contributed by atoms with E-state index in [1.165, 1.54) is 0 Å². The molecule has 0 unspecified atom stereocenters. The summed E-state index contributed by atoms with van der Waals surface area (Å²) in [5.41, 5.74) is 3.75. The molecule has 2 aromatic heterocycles. The number of halogens is 1. The van der Waals surface area contributed by atoms with Crippen LogP contribution in [0, 0.1) is 13.8 Å². The first-order chi connectivity index (χ1) is 15.6. The summed E-state index contributed by atoms with van der Waals surface area (Å²) >= 11 is 6.61. The minimum atomic E-state index is -1.02. The van der Waals surface area contributed by atoms with Gasteiger partial charge < -0.3 is 25.0 Å². The summed E-state index contributed by atoms with van der Waals surface area (Å²) in [5.74, 6) is 0.414. The van der Waals surface area contributed by atoms with Gasteiger partial charge in [0, 0.05) is 28.9 Å². The highest BCUT2D eigenvalue weighted by molar-refractivity contribution is 6.35. The van der Waals surface area contributed by atoms with Crippen molar-refractivity contribution in [2.75, 3.05) is 11.9 Å². The summed E-state index contributed by atoms with van der Waals surface area (Å²) in [6.45, 7) is 7.86. The molecule has 4 heterocycles. The molecule has 174 valence electrons. The monoisotopic (exact) mass is 470 g/mol. The number of hydrogen-bond acceptors (Lipinski definition) is 8. The third-order valence-corrected chi connectivity index (χ3v) is 6.68. The summed E-state index contributed by atoms with van der Waals surface area (Å²) in [4.78, 5) is 13.7. The number of ether oxygens (including phenoxy) is 2. The van der Waals surface area contributed by atoms with Crippen molar-refractivity contribution in [2.45, 2.75) is 64.3 Å². The Hall–Kier alpha value is -2.36. The number of pyridine rings is 1. The number of aliphatic hydroxyl groups is 2. The maximum atomic E-state index is 10.5. The molecule has 2 fully saturated rings. The van der Waals surface area contributed by atoms with Crippen molar-refractivity contribution in [3.8, 4) is 11.3 Å². The average Bonchev–Trinajstić information content (AvgIpc) is 3.16. The topological polar surface area (TPSA) is 110 Å². The quantitative estimate of drug-likeness (QED) is 0.531. The number of aliphatic hydroxyl groups excluding tert-OH is 1. The Kier molecular flexibility index (Phi) is 5.54. The van der Waals surface area contributed by atoms with E-state index in [-0.39, 0.29) is 12.1 Å². The van der Waals surface area contributed by atoms with E-state index in [1.54, 1.807) is 26.2 Å². The van der Waals surface area contributed by atoms with Crippen LogP contribution in [-0.4, -0.2) is 56.3 Å². The molecule has 9 heteroatoms. The first-order valence-corrected chi connectivity index (χ1v) is 11.4. The number of aromatic nitrogens is 3. The van der Waals surface area contributed by atoms with Crippen LogP contribution in [-0.2, 0) is 15.1 Å². The van der Waals surface area contributed by atoms with Gasteiger partial charge in [-0.2, -0.15) is 0 Å². The van der Waals surface area contributed by atoms with Gasteiger partial charge in [-0.3, -0.25) is 4.98 Å². The van der Waals surface area contributed by atoms with Gasteiger partial charge in [0.25, 0.3) is 0 Å². The van der Waals surface area contributed by atoms with E-state index in [1.807, 2.05) is 26.0 Å². The lowest BCUT2D eigenvalue weighted by Crippen LogP contribution is -2.48. The van der Waals surface area contributed by atoms with Gasteiger partial charge in [-0.05, 0) is 57.4 Å². The summed E-state index contributed by atoms with van der Waals surface area (Å²) in [6, 6.07) is 3.57. The number of aryl methyl sites for hydroxylation is 2. The fraction of sp³-hybridized carbons (Fsp3) is 0.458. The molecule has 0 amide bonds. The predicted molar refractivity (Wildman–Crippen MR) is 125 cm³/mol. The van der Waals surface area contributed by atoms with Gasteiger partial charge in [-0.15, -0.1) is 0 Å². The lowest BCUT2D eigenvalue weighted by atomic mass is 9.92. The van der Waals surface area contributed by atoms with Crippen molar-refractivity contribution in [1.82, 2.24) is 15.0 Å². The molecule has 3 aromatic rings. The zero-order chi connectivity index (χ0) is 23.5. The van der Waals surface area contributed by atoms with Crippen LogP contribution in [0.25, 0.3) is 22.2 Å². The minimum absolute atomic E-state index is 0.0411. The molecule has 8 nitrogen and oxygen atoms in total. The second kappa shape index (κ2) is 8.14. The van der Waals surface area contributed by atoms with E-state index in [0.717, 1.165) is 33.3 Å². The minimum Gasteiger partial charge on any atom is -0.386 e. The normalized spacial score (nSPS) is 24.9. The zero-order valence-corrected chi connectivity index (χ0v) is 19.7. The molecule has 1 aromatic carbocycles. The van der Waals surface area contributed by atoms with Crippen molar-refractivity contribution in [3.05, 3.63) is 46.2 Å². The average molecular weight is 471 g/mol. The standard InChI is InChI=1S/C24H27ClN4O4/c1-11-8-27-23(28-18-7-14-10-32-22(33-14)21(18)30)29-19(11)13-5-15-12(2)16(24(3,4)31)9-26-20(15)17(25)6-13/h5-6,8-9,14,18,21-22,30-31H,7,10H2,1-4H3,(H,27,28,29)/t14-,18+,21-,22+/m0/s1. The van der Waals surface area contributed by atoms with E-state index in [0.29, 0.717) is 29.5 Å². The first-order valence-electron chi connectivity index (χ1n) is 11.0. The Morgan fingerprint density at radius 2 is 1.97 bits per heavy atom. The lowest BCUT2D eigenvalue weighted by Gasteiger charge is -2.32. The van der Waals surface area contributed by atoms with E-state index >= 15 is 0 Å². The number of anilines is 1. The Balaban J connectivity index is 1.53. The Morgan fingerprint density at radius 3 is 2.73 bits per heavy atom. The Bertz CT molecular complexity index is 1230. The second-order valence-electron chi connectivity index (χ2n) is 9.37. The molecule has 0 spiro atoms. The highest BCUT2D eigenvalue weighted by Crippen LogP contribution is 2.36. The van der Waals surface area contributed by atoms with Gasteiger partial charge >= 0.3 is 0 Å². The van der Waals surface area contributed by atoms with Crippen LogP contribution >= 0.6 is 11.6 Å². The van der Waals surface area contributed by atoms with Crippen molar-refractivity contribution in [1.29, 1.82) is 0 Å². The summed E-state index contributed by atoms with van der Waals surface area (Å²) in [5, 5.41) is 25.7. The SMILES string of the molecule is Cc1cnc(N[C@@H]2C[C@H]3CO[C@H](O3)[C@H]2O)nc1-c1cc(Cl)c2ncc(C(C)(C)O)c(C)c2c1.